The van der Waals surface area contributed by atoms with Crippen molar-refractivity contribution < 1.29 is 15.0 Å². The number of unbranched alkanes of at least 4 members (excludes halogenated alkanes) is 5. The van der Waals surface area contributed by atoms with Crippen molar-refractivity contribution in [3.05, 3.63) is 24.3 Å². The predicted molar refractivity (Wildman–Crippen MR) is 79.1 cm³/mol. The van der Waals surface area contributed by atoms with Gasteiger partial charge in [0.1, 0.15) is 0 Å². The molecular formula is C16H28O3. The Morgan fingerprint density at radius 2 is 1.79 bits per heavy atom. The Bertz CT molecular complexity index is 269. The lowest BCUT2D eigenvalue weighted by atomic mass is 10.1. The lowest BCUT2D eigenvalue weighted by Crippen LogP contribution is -1.99. The highest BCUT2D eigenvalue weighted by Crippen LogP contribution is 2.07. The van der Waals surface area contributed by atoms with Gasteiger partial charge in [-0.25, -0.2) is 0 Å². The molecule has 0 rings (SSSR count). The van der Waals surface area contributed by atoms with E-state index in [-0.39, 0.29) is 6.10 Å². The minimum Gasteiger partial charge on any atom is -0.481 e. The molecule has 0 aromatic heterocycles. The lowest BCUT2D eigenvalue weighted by molar-refractivity contribution is -0.137. The standard InChI is InChI=1S/C16H28O3/c1-2-12-15(17)13-10-8-6-4-3-5-7-9-11-14-16(18)19/h6,8,10,13,15,17H,2-5,7,9,11-12,14H2,1H3,(H,18,19)/b8-6-,13-10-. The Morgan fingerprint density at radius 3 is 2.47 bits per heavy atom. The largest absolute Gasteiger partial charge is 0.481 e. The molecule has 0 spiro atoms. The van der Waals surface area contributed by atoms with E-state index in [1.165, 1.54) is 0 Å². The third-order valence-electron chi connectivity index (χ3n) is 2.93. The second kappa shape index (κ2) is 13.3. The molecule has 3 nitrogen and oxygen atoms in total. The van der Waals surface area contributed by atoms with Crippen molar-refractivity contribution in [1.82, 2.24) is 0 Å². The monoisotopic (exact) mass is 268 g/mol. The molecule has 0 saturated heterocycles. The highest BCUT2D eigenvalue weighted by molar-refractivity contribution is 5.66. The number of allylic oxidation sites excluding steroid dienone is 3. The summed E-state index contributed by atoms with van der Waals surface area (Å²) in [4.78, 5) is 10.3. The first kappa shape index (κ1) is 17.9. The van der Waals surface area contributed by atoms with Crippen LogP contribution >= 0.6 is 0 Å². The van der Waals surface area contributed by atoms with E-state index < -0.39 is 5.97 Å². The molecule has 2 N–H and O–H groups in total. The minimum absolute atomic E-state index is 0.296. The van der Waals surface area contributed by atoms with Gasteiger partial charge in [-0.2, -0.15) is 0 Å². The Hall–Kier alpha value is -1.09. The summed E-state index contributed by atoms with van der Waals surface area (Å²) in [6, 6.07) is 0. The van der Waals surface area contributed by atoms with Crippen molar-refractivity contribution >= 4 is 5.97 Å². The number of hydrogen-bond donors (Lipinski definition) is 2. The molecule has 0 saturated carbocycles. The summed E-state index contributed by atoms with van der Waals surface area (Å²) in [5.74, 6) is -0.694. The fourth-order valence-electron chi connectivity index (χ4n) is 1.83. The van der Waals surface area contributed by atoms with Crippen molar-refractivity contribution in [1.29, 1.82) is 0 Å². The van der Waals surface area contributed by atoms with Crippen LogP contribution in [0.1, 0.15) is 64.7 Å². The van der Waals surface area contributed by atoms with E-state index >= 15 is 0 Å². The summed E-state index contributed by atoms with van der Waals surface area (Å²) in [6.07, 6.45) is 15.9. The van der Waals surface area contributed by atoms with Gasteiger partial charge in [-0.3, -0.25) is 4.79 Å². The topological polar surface area (TPSA) is 57.5 Å². The van der Waals surface area contributed by atoms with Crippen LogP contribution in [0.15, 0.2) is 24.3 Å². The van der Waals surface area contributed by atoms with Gasteiger partial charge in [-0.15, -0.1) is 0 Å². The van der Waals surface area contributed by atoms with E-state index in [4.69, 9.17) is 5.11 Å². The molecule has 1 unspecified atom stereocenters. The molecule has 19 heavy (non-hydrogen) atoms. The van der Waals surface area contributed by atoms with E-state index in [0.29, 0.717) is 6.42 Å². The van der Waals surface area contributed by atoms with Gasteiger partial charge in [-0.05, 0) is 25.7 Å². The van der Waals surface area contributed by atoms with Crippen molar-refractivity contribution in [3.63, 3.8) is 0 Å². The van der Waals surface area contributed by atoms with Gasteiger partial charge in [-0.1, -0.05) is 56.9 Å². The summed E-state index contributed by atoms with van der Waals surface area (Å²) in [5, 5.41) is 17.9. The summed E-state index contributed by atoms with van der Waals surface area (Å²) < 4.78 is 0. The van der Waals surface area contributed by atoms with E-state index in [1.807, 2.05) is 18.2 Å². The summed E-state index contributed by atoms with van der Waals surface area (Å²) in [5.41, 5.74) is 0. The third-order valence-corrected chi connectivity index (χ3v) is 2.93. The Labute approximate surface area is 117 Å². The van der Waals surface area contributed by atoms with Gasteiger partial charge < -0.3 is 10.2 Å². The molecule has 0 heterocycles. The summed E-state index contributed by atoms with van der Waals surface area (Å²) >= 11 is 0. The fraction of sp³-hybridized carbons (Fsp3) is 0.688. The van der Waals surface area contributed by atoms with E-state index in [1.54, 1.807) is 0 Å². The average Bonchev–Trinajstić information content (AvgIpc) is 2.36. The van der Waals surface area contributed by atoms with Crippen LogP contribution in [-0.2, 0) is 4.79 Å². The maximum absolute atomic E-state index is 10.3. The highest BCUT2D eigenvalue weighted by Gasteiger charge is 1.96. The Balaban J connectivity index is 3.32. The second-order valence-electron chi connectivity index (χ2n) is 4.87. The van der Waals surface area contributed by atoms with Crippen molar-refractivity contribution in [3.8, 4) is 0 Å². The van der Waals surface area contributed by atoms with Crippen LogP contribution in [0.2, 0.25) is 0 Å². The molecule has 3 heteroatoms. The summed E-state index contributed by atoms with van der Waals surface area (Å²) in [6.45, 7) is 2.06. The second-order valence-corrected chi connectivity index (χ2v) is 4.87. The van der Waals surface area contributed by atoms with Gasteiger partial charge in [0.05, 0.1) is 6.10 Å². The van der Waals surface area contributed by atoms with E-state index in [2.05, 4.69) is 13.0 Å². The Kier molecular flexibility index (Phi) is 12.6. The number of aliphatic hydroxyl groups excluding tert-OH is 1. The maximum Gasteiger partial charge on any atom is 0.303 e. The van der Waals surface area contributed by atoms with Crippen LogP contribution in [0.25, 0.3) is 0 Å². The quantitative estimate of drug-likeness (QED) is 0.414. The number of hydrogen-bond acceptors (Lipinski definition) is 2. The van der Waals surface area contributed by atoms with Crippen LogP contribution in [0.5, 0.6) is 0 Å². The molecule has 1 atom stereocenters. The van der Waals surface area contributed by atoms with Crippen LogP contribution in [0, 0.1) is 0 Å². The molecule has 110 valence electrons. The lowest BCUT2D eigenvalue weighted by Gasteiger charge is -2.00. The first-order chi connectivity index (χ1) is 9.16. The number of rotatable bonds is 12. The molecule has 0 aromatic rings. The van der Waals surface area contributed by atoms with E-state index in [9.17, 15) is 9.90 Å². The number of carbonyl (C=O) groups is 1. The fourth-order valence-corrected chi connectivity index (χ4v) is 1.83. The SMILES string of the molecule is CCCC(O)/C=C\C=C/CCCCCCCC(=O)O. The van der Waals surface area contributed by atoms with Gasteiger partial charge in [0.2, 0.25) is 0 Å². The number of carboxylic acid groups (broad SMARTS) is 1. The molecule has 0 aromatic carbocycles. The molecular weight excluding hydrogens is 240 g/mol. The van der Waals surface area contributed by atoms with Crippen molar-refractivity contribution in [2.24, 2.45) is 0 Å². The molecule has 0 amide bonds. The first-order valence-corrected chi connectivity index (χ1v) is 7.40. The number of carboxylic acids is 1. The van der Waals surface area contributed by atoms with Gasteiger partial charge >= 0.3 is 5.97 Å². The zero-order valence-electron chi connectivity index (χ0n) is 12.1. The van der Waals surface area contributed by atoms with Crippen LogP contribution in [-0.4, -0.2) is 22.3 Å². The van der Waals surface area contributed by atoms with Gasteiger partial charge in [0, 0.05) is 6.42 Å². The van der Waals surface area contributed by atoms with E-state index in [0.717, 1.165) is 51.4 Å². The first-order valence-electron chi connectivity index (χ1n) is 7.40. The van der Waals surface area contributed by atoms with Crippen LogP contribution in [0.3, 0.4) is 0 Å². The summed E-state index contributed by atoms with van der Waals surface area (Å²) in [7, 11) is 0. The third kappa shape index (κ3) is 14.9. The van der Waals surface area contributed by atoms with Gasteiger partial charge in [0.15, 0.2) is 0 Å². The normalized spacial score (nSPS) is 13.4. The molecule has 0 bridgehead atoms. The zero-order valence-corrected chi connectivity index (χ0v) is 12.1. The zero-order chi connectivity index (χ0) is 14.3. The van der Waals surface area contributed by atoms with Crippen LogP contribution < -0.4 is 0 Å². The molecule has 0 aliphatic rings. The van der Waals surface area contributed by atoms with Crippen molar-refractivity contribution in [2.75, 3.05) is 0 Å². The average molecular weight is 268 g/mol. The Morgan fingerprint density at radius 1 is 1.11 bits per heavy atom. The molecule has 0 aliphatic heterocycles. The predicted octanol–water partition coefficient (Wildman–Crippen LogP) is 4.08. The molecule has 0 aliphatic carbocycles. The maximum atomic E-state index is 10.3. The molecule has 0 fully saturated rings. The number of aliphatic hydroxyl groups is 1. The highest BCUT2D eigenvalue weighted by atomic mass is 16.4. The minimum atomic E-state index is -0.694. The number of aliphatic carboxylic acids is 1. The van der Waals surface area contributed by atoms with Gasteiger partial charge in [0.25, 0.3) is 0 Å². The van der Waals surface area contributed by atoms with Crippen LogP contribution in [0.4, 0.5) is 0 Å². The molecule has 0 radical (unpaired) electrons. The van der Waals surface area contributed by atoms with Crippen molar-refractivity contribution in [2.45, 2.75) is 70.8 Å². The smallest absolute Gasteiger partial charge is 0.303 e.